The predicted molar refractivity (Wildman–Crippen MR) is 67.0 cm³/mol. The molecule has 70 valence electrons. The third-order valence-corrected chi connectivity index (χ3v) is 1.60. The number of aliphatic carboxylic acids is 1. The van der Waals surface area contributed by atoms with Gasteiger partial charge in [-0.15, -0.1) is 0 Å². The number of unbranched alkanes of at least 4 members (excludes halogenated alkanes) is 3. The number of rotatable bonds is 5. The average Bonchev–Trinajstić information content (AvgIpc) is 1.97. The van der Waals surface area contributed by atoms with E-state index < -0.39 is 5.97 Å². The number of allylic oxidation sites excluding steroid dienone is 1. The average molecular weight is 228 g/mol. The van der Waals surface area contributed by atoms with E-state index in [4.69, 9.17) is 5.11 Å². The fourth-order valence-corrected chi connectivity index (χ4v) is 0.800. The van der Waals surface area contributed by atoms with Crippen molar-refractivity contribution in [1.82, 2.24) is 0 Å². The van der Waals surface area contributed by atoms with Crippen molar-refractivity contribution in [3.8, 4) is 0 Å². The third kappa shape index (κ3) is 16.6. The van der Waals surface area contributed by atoms with Gasteiger partial charge in [0, 0.05) is 5.57 Å². The molecule has 0 aliphatic rings. The van der Waals surface area contributed by atoms with Crippen molar-refractivity contribution in [2.45, 2.75) is 39.5 Å². The summed E-state index contributed by atoms with van der Waals surface area (Å²) < 4.78 is 0. The molecular formula is C9H19Na3O2. The monoisotopic (exact) mass is 228 g/mol. The van der Waals surface area contributed by atoms with E-state index >= 15 is 0 Å². The van der Waals surface area contributed by atoms with Crippen molar-refractivity contribution in [3.05, 3.63) is 11.6 Å². The van der Waals surface area contributed by atoms with Crippen LogP contribution in [0.4, 0.5) is 0 Å². The molecule has 0 aromatic heterocycles. The van der Waals surface area contributed by atoms with Crippen LogP contribution in [0, 0.1) is 0 Å². The molecule has 0 aliphatic heterocycles. The summed E-state index contributed by atoms with van der Waals surface area (Å²) in [6.07, 6.45) is 6.15. The van der Waals surface area contributed by atoms with Gasteiger partial charge in [0.25, 0.3) is 0 Å². The van der Waals surface area contributed by atoms with Gasteiger partial charge < -0.3 is 5.11 Å². The van der Waals surface area contributed by atoms with Crippen molar-refractivity contribution in [2.24, 2.45) is 0 Å². The van der Waals surface area contributed by atoms with E-state index in [1.54, 1.807) is 13.0 Å². The molecule has 0 aromatic rings. The fraction of sp³-hybridized carbons (Fsp3) is 0.667. The summed E-state index contributed by atoms with van der Waals surface area (Å²) >= 11 is 0. The zero-order chi connectivity index (χ0) is 8.69. The van der Waals surface area contributed by atoms with E-state index in [-0.39, 0.29) is 88.7 Å². The molecule has 2 nitrogen and oxygen atoms in total. The van der Waals surface area contributed by atoms with Gasteiger partial charge in [-0.25, -0.2) is 4.79 Å². The number of carbonyl (C=O) groups is 1. The van der Waals surface area contributed by atoms with Crippen molar-refractivity contribution in [1.29, 1.82) is 0 Å². The predicted octanol–water partition coefficient (Wildman–Crippen LogP) is 0.652. The van der Waals surface area contributed by atoms with Gasteiger partial charge in [-0.3, -0.25) is 0 Å². The molecule has 1 N–H and O–H groups in total. The Hall–Kier alpha value is 2.21. The maximum atomic E-state index is 10.3. The molecule has 0 aliphatic carbocycles. The van der Waals surface area contributed by atoms with Crippen LogP contribution < -0.4 is 0 Å². The van der Waals surface area contributed by atoms with Gasteiger partial charge in [0.15, 0.2) is 0 Å². The summed E-state index contributed by atoms with van der Waals surface area (Å²) in [6, 6.07) is 0. The van der Waals surface area contributed by atoms with Gasteiger partial charge >= 0.3 is 94.6 Å². The van der Waals surface area contributed by atoms with Gasteiger partial charge in [0.1, 0.15) is 0 Å². The molecule has 0 amide bonds. The standard InChI is InChI=1S/C9H16O2.3Na.3H/c1-3-4-5-6-7-8(2)9(10)11;;;;;;/h7H,3-6H2,1-2H3,(H,10,11);;;;;;. The van der Waals surface area contributed by atoms with Gasteiger partial charge in [0.05, 0.1) is 0 Å². The zero-order valence-electron chi connectivity index (χ0n) is 7.26. The first-order chi connectivity index (χ1) is 5.18. The second-order valence-corrected chi connectivity index (χ2v) is 2.69. The van der Waals surface area contributed by atoms with Crippen molar-refractivity contribution < 1.29 is 9.90 Å². The Kier molecular flexibility index (Phi) is 31.6. The van der Waals surface area contributed by atoms with Crippen LogP contribution in [-0.2, 0) is 4.79 Å². The first-order valence-corrected chi connectivity index (χ1v) is 4.08. The number of hydrogen-bond acceptors (Lipinski definition) is 1. The molecule has 0 heterocycles. The number of carboxylic acids is 1. The Bertz CT molecular complexity index is 158. The van der Waals surface area contributed by atoms with E-state index in [1.807, 2.05) is 0 Å². The molecule has 0 atom stereocenters. The normalized spacial score (nSPS) is 9.14. The minimum atomic E-state index is -0.804. The van der Waals surface area contributed by atoms with Gasteiger partial charge in [-0.1, -0.05) is 25.8 Å². The first kappa shape index (κ1) is 25.2. The fourth-order valence-electron chi connectivity index (χ4n) is 0.800. The summed E-state index contributed by atoms with van der Waals surface area (Å²) in [4.78, 5) is 10.3. The molecule has 0 saturated heterocycles. The SMILES string of the molecule is CCCCCC=C(C)C(=O)O.[NaH].[NaH].[NaH]. The summed E-state index contributed by atoms with van der Waals surface area (Å²) in [7, 11) is 0. The summed E-state index contributed by atoms with van der Waals surface area (Å²) in [5.41, 5.74) is 0.459. The Morgan fingerprint density at radius 3 is 2.07 bits per heavy atom. The summed E-state index contributed by atoms with van der Waals surface area (Å²) in [6.45, 7) is 3.77. The van der Waals surface area contributed by atoms with Crippen LogP contribution in [0.25, 0.3) is 0 Å². The van der Waals surface area contributed by atoms with Crippen LogP contribution in [0.15, 0.2) is 11.6 Å². The second kappa shape index (κ2) is 17.6. The van der Waals surface area contributed by atoms with E-state index in [0.717, 1.165) is 12.8 Å². The number of hydrogen-bond donors (Lipinski definition) is 1. The molecule has 14 heavy (non-hydrogen) atoms. The summed E-state index contributed by atoms with van der Waals surface area (Å²) in [5.74, 6) is -0.804. The molecule has 0 radical (unpaired) electrons. The van der Waals surface area contributed by atoms with Gasteiger partial charge in [0.2, 0.25) is 0 Å². The Balaban J connectivity index is -0.000000167. The topological polar surface area (TPSA) is 37.3 Å². The second-order valence-electron chi connectivity index (χ2n) is 2.69. The Morgan fingerprint density at radius 1 is 1.21 bits per heavy atom. The number of carboxylic acid groups (broad SMARTS) is 1. The van der Waals surface area contributed by atoms with Crippen molar-refractivity contribution in [3.63, 3.8) is 0 Å². The molecule has 0 spiro atoms. The van der Waals surface area contributed by atoms with Gasteiger partial charge in [-0.05, 0) is 19.8 Å². The quantitative estimate of drug-likeness (QED) is 0.426. The maximum absolute atomic E-state index is 10.3. The van der Waals surface area contributed by atoms with Crippen LogP contribution in [0.3, 0.4) is 0 Å². The van der Waals surface area contributed by atoms with E-state index in [9.17, 15) is 4.79 Å². The van der Waals surface area contributed by atoms with Crippen LogP contribution >= 0.6 is 0 Å². The van der Waals surface area contributed by atoms with Crippen LogP contribution in [0.5, 0.6) is 0 Å². The first-order valence-electron chi connectivity index (χ1n) is 4.08. The van der Waals surface area contributed by atoms with Crippen molar-refractivity contribution in [2.75, 3.05) is 0 Å². The van der Waals surface area contributed by atoms with Crippen LogP contribution in [-0.4, -0.2) is 99.7 Å². The van der Waals surface area contributed by atoms with E-state index in [1.165, 1.54) is 12.8 Å². The van der Waals surface area contributed by atoms with Gasteiger partial charge in [-0.2, -0.15) is 0 Å². The third-order valence-electron chi connectivity index (χ3n) is 1.60. The molecule has 0 rings (SSSR count). The molecule has 0 aromatic carbocycles. The summed E-state index contributed by atoms with van der Waals surface area (Å²) in [5, 5.41) is 8.47. The molecule has 0 bridgehead atoms. The zero-order valence-corrected chi connectivity index (χ0v) is 7.26. The molecular weight excluding hydrogens is 209 g/mol. The van der Waals surface area contributed by atoms with Crippen molar-refractivity contribution >= 4 is 94.6 Å². The molecule has 0 unspecified atom stereocenters. The molecule has 0 saturated carbocycles. The molecule has 0 fully saturated rings. The Labute approximate surface area is 153 Å². The van der Waals surface area contributed by atoms with E-state index in [2.05, 4.69) is 6.92 Å². The molecule has 5 heteroatoms. The van der Waals surface area contributed by atoms with Crippen LogP contribution in [0.2, 0.25) is 0 Å². The minimum absolute atomic E-state index is 0. The van der Waals surface area contributed by atoms with E-state index in [0.29, 0.717) is 5.57 Å². The van der Waals surface area contributed by atoms with Crippen LogP contribution in [0.1, 0.15) is 39.5 Å². The Morgan fingerprint density at radius 2 is 1.71 bits per heavy atom.